The number of aromatic nitrogens is 1. The van der Waals surface area contributed by atoms with E-state index in [0.717, 1.165) is 35.7 Å². The summed E-state index contributed by atoms with van der Waals surface area (Å²) in [4.78, 5) is 36.9. The first-order valence-electron chi connectivity index (χ1n) is 13.9. The molecule has 1 saturated carbocycles. The summed E-state index contributed by atoms with van der Waals surface area (Å²) < 4.78 is 5.62. The van der Waals surface area contributed by atoms with Gasteiger partial charge in [0.15, 0.2) is 0 Å². The van der Waals surface area contributed by atoms with Crippen LogP contribution < -0.4 is 15.1 Å². The third-order valence-corrected chi connectivity index (χ3v) is 7.92. The van der Waals surface area contributed by atoms with Gasteiger partial charge in [-0.15, -0.1) is 0 Å². The molecule has 4 atom stereocenters. The number of hydrogen-bond acceptors (Lipinski definition) is 6. The van der Waals surface area contributed by atoms with Crippen molar-refractivity contribution in [2.75, 3.05) is 34.8 Å². The Morgan fingerprint density at radius 2 is 1.74 bits per heavy atom. The maximum atomic E-state index is 13.0. The number of anilines is 3. The highest BCUT2D eigenvalue weighted by atomic mass is 16.6. The van der Waals surface area contributed by atoms with Crippen LogP contribution in [0.25, 0.3) is 0 Å². The Morgan fingerprint density at radius 1 is 1.03 bits per heavy atom. The minimum atomic E-state index is -0.521. The van der Waals surface area contributed by atoms with E-state index in [4.69, 9.17) is 9.72 Å². The first kappa shape index (κ1) is 26.3. The number of hydrogen-bond donors (Lipinski definition) is 1. The Balaban J connectivity index is 1.45. The van der Waals surface area contributed by atoms with Gasteiger partial charge in [0, 0.05) is 50.2 Å². The number of rotatable bonds is 4. The molecule has 2 amide bonds. The van der Waals surface area contributed by atoms with E-state index in [0.29, 0.717) is 25.6 Å². The fourth-order valence-electron chi connectivity index (χ4n) is 6.04. The summed E-state index contributed by atoms with van der Waals surface area (Å²) in [6.45, 7) is 13.5. The number of pyridine rings is 1. The Kier molecular flexibility index (Phi) is 7.01. The van der Waals surface area contributed by atoms with Crippen LogP contribution >= 0.6 is 0 Å². The summed E-state index contributed by atoms with van der Waals surface area (Å²) in [5.41, 5.74) is 2.35. The fraction of sp³-hybridized carbons (Fsp3) is 0.567. The predicted octanol–water partition coefficient (Wildman–Crippen LogP) is 5.46. The molecule has 1 N–H and O–H groups in total. The summed E-state index contributed by atoms with van der Waals surface area (Å²) in [5, 5.41) is 3.75. The Morgan fingerprint density at radius 3 is 2.34 bits per heavy atom. The van der Waals surface area contributed by atoms with E-state index in [1.54, 1.807) is 11.8 Å². The smallest absolute Gasteiger partial charge is 0.410 e. The molecule has 1 aliphatic carbocycles. The number of ether oxygens (including phenoxy) is 1. The van der Waals surface area contributed by atoms with Crippen LogP contribution in [0.5, 0.6) is 0 Å². The van der Waals surface area contributed by atoms with Crippen molar-refractivity contribution in [3.63, 3.8) is 0 Å². The fourth-order valence-corrected chi connectivity index (χ4v) is 6.04. The van der Waals surface area contributed by atoms with Crippen molar-refractivity contribution in [2.24, 2.45) is 11.8 Å². The number of carbonyl (C=O) groups excluding carboxylic acids is 2. The molecule has 5 rings (SSSR count). The van der Waals surface area contributed by atoms with Crippen molar-refractivity contribution in [2.45, 2.75) is 78.1 Å². The molecule has 0 bridgehead atoms. The molecule has 8 heteroatoms. The number of piperazine rings is 1. The molecule has 2 aromatic rings. The molecule has 3 aliphatic rings. The zero-order valence-electron chi connectivity index (χ0n) is 23.5. The first-order chi connectivity index (χ1) is 18.0. The lowest BCUT2D eigenvalue weighted by Gasteiger charge is -2.46. The standard InChI is InChI=1S/C30H41N5O3/c1-19-18-33(16-17-34(19)29(37)38-30(4,5)6)25-15-14-24-27(32-25)26(31-23-10-8-7-9-11-23)20(2)28(22-12-13-22)35(24)21(3)36/h7-11,14-15,19-20,22,26,28,31H,12-13,16-18H2,1-6H3/t19?,20-,26?,28-/m1/s1. The van der Waals surface area contributed by atoms with Crippen molar-refractivity contribution >= 4 is 29.2 Å². The highest BCUT2D eigenvalue weighted by Crippen LogP contribution is 2.49. The molecular weight excluding hydrogens is 478 g/mol. The topological polar surface area (TPSA) is 78.0 Å². The molecule has 204 valence electrons. The number of carbonyl (C=O) groups is 2. The minimum Gasteiger partial charge on any atom is -0.444 e. The van der Waals surface area contributed by atoms with E-state index in [-0.39, 0.29) is 36.0 Å². The van der Waals surface area contributed by atoms with E-state index >= 15 is 0 Å². The molecule has 8 nitrogen and oxygen atoms in total. The van der Waals surface area contributed by atoms with Gasteiger partial charge < -0.3 is 24.8 Å². The predicted molar refractivity (Wildman–Crippen MR) is 150 cm³/mol. The zero-order valence-corrected chi connectivity index (χ0v) is 23.5. The third kappa shape index (κ3) is 5.31. The molecule has 2 fully saturated rings. The number of para-hydroxylation sites is 1. The summed E-state index contributed by atoms with van der Waals surface area (Å²) in [6, 6.07) is 14.5. The van der Waals surface area contributed by atoms with E-state index in [9.17, 15) is 9.59 Å². The van der Waals surface area contributed by atoms with Crippen molar-refractivity contribution in [3.8, 4) is 0 Å². The number of nitrogens with one attached hydrogen (secondary N) is 1. The van der Waals surface area contributed by atoms with E-state index in [1.165, 1.54) is 0 Å². The van der Waals surface area contributed by atoms with E-state index in [1.807, 2.05) is 56.9 Å². The summed E-state index contributed by atoms with van der Waals surface area (Å²) >= 11 is 0. The lowest BCUT2D eigenvalue weighted by Crippen LogP contribution is -2.55. The van der Waals surface area contributed by atoms with Gasteiger partial charge in [-0.25, -0.2) is 9.78 Å². The monoisotopic (exact) mass is 519 g/mol. The van der Waals surface area contributed by atoms with Gasteiger partial charge in [0.25, 0.3) is 0 Å². The van der Waals surface area contributed by atoms with Crippen LogP contribution in [-0.2, 0) is 9.53 Å². The van der Waals surface area contributed by atoms with Crippen LogP contribution in [-0.4, -0.2) is 59.2 Å². The van der Waals surface area contributed by atoms with Crippen LogP contribution in [0.2, 0.25) is 0 Å². The highest BCUT2D eigenvalue weighted by molar-refractivity contribution is 5.94. The average Bonchev–Trinajstić information content (AvgIpc) is 3.69. The number of fused-ring (bicyclic) bond motifs is 1. The molecule has 1 aromatic carbocycles. The maximum absolute atomic E-state index is 13.0. The second kappa shape index (κ2) is 10.1. The van der Waals surface area contributed by atoms with Gasteiger partial charge in [-0.1, -0.05) is 25.1 Å². The average molecular weight is 520 g/mol. The van der Waals surface area contributed by atoms with Crippen LogP contribution in [0.1, 0.15) is 66.1 Å². The lowest BCUT2D eigenvalue weighted by molar-refractivity contribution is -0.117. The molecule has 2 unspecified atom stereocenters. The van der Waals surface area contributed by atoms with Gasteiger partial charge >= 0.3 is 6.09 Å². The van der Waals surface area contributed by atoms with Gasteiger partial charge in [0.2, 0.25) is 5.91 Å². The van der Waals surface area contributed by atoms with Crippen molar-refractivity contribution in [1.82, 2.24) is 9.88 Å². The number of amides is 2. The van der Waals surface area contributed by atoms with Crippen LogP contribution in [0.4, 0.5) is 22.0 Å². The molecule has 38 heavy (non-hydrogen) atoms. The zero-order chi connectivity index (χ0) is 27.2. The van der Waals surface area contributed by atoms with Crippen molar-refractivity contribution < 1.29 is 14.3 Å². The summed E-state index contributed by atoms with van der Waals surface area (Å²) in [7, 11) is 0. The first-order valence-corrected chi connectivity index (χ1v) is 13.9. The van der Waals surface area contributed by atoms with Crippen LogP contribution in [0.3, 0.4) is 0 Å². The van der Waals surface area contributed by atoms with Crippen molar-refractivity contribution in [3.05, 3.63) is 48.2 Å². The Labute approximate surface area is 226 Å². The number of nitrogens with zero attached hydrogens (tertiary/aromatic N) is 4. The lowest BCUT2D eigenvalue weighted by atomic mass is 9.82. The molecule has 3 heterocycles. The highest BCUT2D eigenvalue weighted by Gasteiger charge is 2.48. The van der Waals surface area contributed by atoms with Crippen LogP contribution in [0.15, 0.2) is 42.5 Å². The van der Waals surface area contributed by atoms with Crippen LogP contribution in [0, 0.1) is 11.8 Å². The minimum absolute atomic E-state index is 0.0124. The molecule has 2 aliphatic heterocycles. The van der Waals surface area contributed by atoms with Gasteiger partial charge in [0.05, 0.1) is 17.4 Å². The van der Waals surface area contributed by atoms with E-state index in [2.05, 4.69) is 35.3 Å². The van der Waals surface area contributed by atoms with Gasteiger partial charge in [-0.05, 0) is 70.7 Å². The van der Waals surface area contributed by atoms with Gasteiger partial charge in [-0.2, -0.15) is 0 Å². The number of benzene rings is 1. The normalized spacial score (nSPS) is 25.6. The second-order valence-corrected chi connectivity index (χ2v) is 12.1. The molecule has 0 radical (unpaired) electrons. The second-order valence-electron chi connectivity index (χ2n) is 12.1. The summed E-state index contributed by atoms with van der Waals surface area (Å²) in [6.07, 6.45) is 2.06. The van der Waals surface area contributed by atoms with Gasteiger partial charge in [0.1, 0.15) is 11.4 Å². The van der Waals surface area contributed by atoms with Crippen molar-refractivity contribution in [1.29, 1.82) is 0 Å². The summed E-state index contributed by atoms with van der Waals surface area (Å²) in [5.74, 6) is 1.68. The molecule has 1 saturated heterocycles. The molecule has 1 aromatic heterocycles. The third-order valence-electron chi connectivity index (χ3n) is 7.92. The quantitative estimate of drug-likeness (QED) is 0.578. The van der Waals surface area contributed by atoms with E-state index < -0.39 is 5.60 Å². The maximum Gasteiger partial charge on any atom is 0.410 e. The largest absolute Gasteiger partial charge is 0.444 e. The Bertz CT molecular complexity index is 1180. The van der Waals surface area contributed by atoms with Gasteiger partial charge in [-0.3, -0.25) is 4.79 Å². The SMILES string of the molecule is CC(=O)N1c2ccc(N3CCN(C(=O)OC(C)(C)C)C(C)C3)nc2C(Nc2ccccc2)[C@@H](C)[C@@H]1C1CC1. The molecular formula is C30H41N5O3. The Hall–Kier alpha value is -3.29. The molecule has 0 spiro atoms.